The lowest BCUT2D eigenvalue weighted by Gasteiger charge is -2.37. The molecule has 1 N–H and O–H groups in total. The summed E-state index contributed by atoms with van der Waals surface area (Å²) in [6.45, 7) is 2.80. The predicted molar refractivity (Wildman–Crippen MR) is 87.0 cm³/mol. The third-order valence-corrected chi connectivity index (χ3v) is 4.56. The minimum absolute atomic E-state index is 0.120. The van der Waals surface area contributed by atoms with Crippen molar-refractivity contribution in [3.8, 4) is 0 Å². The van der Waals surface area contributed by atoms with Crippen molar-refractivity contribution in [2.45, 2.75) is 18.6 Å². The normalized spacial score (nSPS) is 20.2. The molecule has 0 saturated carbocycles. The highest BCUT2D eigenvalue weighted by Gasteiger charge is 2.39. The molecule has 1 aromatic carbocycles. The van der Waals surface area contributed by atoms with E-state index in [1.165, 1.54) is 18.2 Å². The summed E-state index contributed by atoms with van der Waals surface area (Å²) >= 11 is 5.99. The van der Waals surface area contributed by atoms with Gasteiger partial charge in [0.2, 0.25) is 5.91 Å². The Hall–Kier alpha value is -1.74. The second kappa shape index (κ2) is 7.02. The number of carbonyl (C=O) groups excluding carboxylic acids is 1. The Kier molecular flexibility index (Phi) is 5.00. The number of nitro groups is 1. The molecule has 1 aromatic rings. The lowest BCUT2D eigenvalue weighted by atomic mass is 10.0. The van der Waals surface area contributed by atoms with Crippen molar-refractivity contribution in [3.05, 3.63) is 33.3 Å². The Bertz CT molecular complexity index is 638. The zero-order valence-corrected chi connectivity index (χ0v) is 13.8. The van der Waals surface area contributed by atoms with Gasteiger partial charge >= 0.3 is 0 Å². The average Bonchev–Trinajstić information content (AvgIpc) is 3.00. The molecule has 0 unspecified atom stereocenters. The number of rotatable bonds is 4. The van der Waals surface area contributed by atoms with Crippen LogP contribution in [0.5, 0.6) is 0 Å². The summed E-state index contributed by atoms with van der Waals surface area (Å²) in [4.78, 5) is 24.5. The van der Waals surface area contributed by atoms with Crippen molar-refractivity contribution >= 4 is 28.9 Å². The van der Waals surface area contributed by atoms with Crippen LogP contribution in [-0.4, -0.2) is 54.4 Å². The summed E-state index contributed by atoms with van der Waals surface area (Å²) in [5.74, 6) is -0.738. The van der Waals surface area contributed by atoms with Crippen LogP contribution in [0, 0.1) is 10.1 Å². The maximum absolute atomic E-state index is 12.2. The molecule has 0 aliphatic carbocycles. The molecule has 2 heterocycles. The number of benzene rings is 1. The monoisotopic (exact) mass is 355 g/mol. The summed E-state index contributed by atoms with van der Waals surface area (Å²) in [7, 11) is 0. The van der Waals surface area contributed by atoms with Crippen molar-refractivity contribution in [2.24, 2.45) is 0 Å². The lowest BCUT2D eigenvalue weighted by Crippen LogP contribution is -2.47. The maximum atomic E-state index is 12.2. The fourth-order valence-corrected chi connectivity index (χ4v) is 3.12. The van der Waals surface area contributed by atoms with E-state index in [1.54, 1.807) is 0 Å². The van der Waals surface area contributed by atoms with Crippen LogP contribution in [0.4, 0.5) is 11.4 Å². The van der Waals surface area contributed by atoms with Crippen molar-refractivity contribution < 1.29 is 19.2 Å². The Balaban J connectivity index is 1.55. The molecule has 2 fully saturated rings. The van der Waals surface area contributed by atoms with E-state index in [-0.39, 0.29) is 28.8 Å². The van der Waals surface area contributed by atoms with Gasteiger partial charge in [-0.15, -0.1) is 0 Å². The van der Waals surface area contributed by atoms with Gasteiger partial charge in [-0.05, 0) is 6.07 Å². The van der Waals surface area contributed by atoms with Gasteiger partial charge in [0.05, 0.1) is 35.4 Å². The van der Waals surface area contributed by atoms with Crippen molar-refractivity contribution in [2.75, 3.05) is 38.2 Å². The van der Waals surface area contributed by atoms with Gasteiger partial charge in [0.25, 0.3) is 5.69 Å². The van der Waals surface area contributed by atoms with Crippen LogP contribution < -0.4 is 5.32 Å². The summed E-state index contributed by atoms with van der Waals surface area (Å²) in [5, 5.41) is 13.7. The molecule has 130 valence electrons. The Morgan fingerprint density at radius 3 is 2.62 bits per heavy atom. The number of likely N-dealkylation sites (tertiary alicyclic amines) is 1. The molecule has 0 radical (unpaired) electrons. The molecule has 2 aliphatic heterocycles. The van der Waals surface area contributed by atoms with Gasteiger partial charge in [0.15, 0.2) is 5.79 Å². The molecule has 1 spiro atoms. The number of non-ortho nitro benzene ring substituents is 1. The zero-order valence-electron chi connectivity index (χ0n) is 13.0. The second-order valence-corrected chi connectivity index (χ2v) is 6.26. The average molecular weight is 356 g/mol. The Morgan fingerprint density at radius 1 is 1.33 bits per heavy atom. The van der Waals surface area contributed by atoms with Gasteiger partial charge in [-0.25, -0.2) is 0 Å². The quantitative estimate of drug-likeness (QED) is 0.656. The first kappa shape index (κ1) is 17.1. The van der Waals surface area contributed by atoms with Gasteiger partial charge in [-0.2, -0.15) is 0 Å². The van der Waals surface area contributed by atoms with E-state index in [0.717, 1.165) is 12.8 Å². The molecule has 2 aliphatic rings. The van der Waals surface area contributed by atoms with Crippen LogP contribution in [0.2, 0.25) is 5.02 Å². The number of anilines is 1. The standard InChI is InChI=1S/C15H18ClN3O5/c16-12-2-1-11(19(21)22)9-13(12)17-14(20)10-18-5-3-15(4-6-18)23-7-8-24-15/h1-2,9H,3-8,10H2,(H,17,20). The Morgan fingerprint density at radius 2 is 2.00 bits per heavy atom. The predicted octanol–water partition coefficient (Wildman–Crippen LogP) is 2.03. The van der Waals surface area contributed by atoms with E-state index in [4.69, 9.17) is 21.1 Å². The summed E-state index contributed by atoms with van der Waals surface area (Å²) in [5.41, 5.74) is 0.122. The molecule has 2 saturated heterocycles. The molecule has 0 bridgehead atoms. The SMILES string of the molecule is O=C(CN1CCC2(CC1)OCCO2)Nc1cc([N+](=O)[O-])ccc1Cl. The fourth-order valence-electron chi connectivity index (χ4n) is 2.95. The zero-order chi connectivity index (χ0) is 17.2. The second-order valence-electron chi connectivity index (χ2n) is 5.85. The summed E-state index contributed by atoms with van der Waals surface area (Å²) in [6, 6.07) is 3.95. The number of ether oxygens (including phenoxy) is 2. The first-order valence-corrected chi connectivity index (χ1v) is 8.09. The first-order chi connectivity index (χ1) is 11.5. The molecule has 1 amide bonds. The van der Waals surface area contributed by atoms with E-state index in [0.29, 0.717) is 26.3 Å². The fraction of sp³-hybridized carbons (Fsp3) is 0.533. The van der Waals surface area contributed by atoms with E-state index < -0.39 is 10.7 Å². The number of nitro benzene ring substituents is 1. The largest absolute Gasteiger partial charge is 0.347 e. The van der Waals surface area contributed by atoms with E-state index in [2.05, 4.69) is 5.32 Å². The molecular formula is C15H18ClN3O5. The molecule has 0 aromatic heterocycles. The van der Waals surface area contributed by atoms with Gasteiger partial charge in [0.1, 0.15) is 0 Å². The lowest BCUT2D eigenvalue weighted by molar-refractivity contribution is -0.384. The third-order valence-electron chi connectivity index (χ3n) is 4.23. The highest BCUT2D eigenvalue weighted by Crippen LogP contribution is 2.31. The van der Waals surface area contributed by atoms with Crippen molar-refractivity contribution in [3.63, 3.8) is 0 Å². The Labute approximate surface area is 143 Å². The highest BCUT2D eigenvalue weighted by atomic mass is 35.5. The van der Waals surface area contributed by atoms with Gasteiger partial charge in [-0.1, -0.05) is 11.6 Å². The van der Waals surface area contributed by atoms with Gasteiger partial charge < -0.3 is 14.8 Å². The maximum Gasteiger partial charge on any atom is 0.271 e. The minimum Gasteiger partial charge on any atom is -0.347 e. The molecule has 8 nitrogen and oxygen atoms in total. The summed E-state index contributed by atoms with van der Waals surface area (Å²) in [6.07, 6.45) is 1.44. The van der Waals surface area contributed by atoms with Crippen molar-refractivity contribution in [1.29, 1.82) is 0 Å². The molecule has 9 heteroatoms. The van der Waals surface area contributed by atoms with Crippen LogP contribution in [0.1, 0.15) is 12.8 Å². The van der Waals surface area contributed by atoms with Gasteiger partial charge in [-0.3, -0.25) is 19.8 Å². The molecule has 0 atom stereocenters. The number of nitrogens with zero attached hydrogens (tertiary/aromatic N) is 2. The molecule has 24 heavy (non-hydrogen) atoms. The number of carbonyl (C=O) groups is 1. The van der Waals surface area contributed by atoms with E-state index >= 15 is 0 Å². The third kappa shape index (κ3) is 3.84. The van der Waals surface area contributed by atoms with E-state index in [9.17, 15) is 14.9 Å². The van der Waals surface area contributed by atoms with Crippen LogP contribution in [-0.2, 0) is 14.3 Å². The number of halogens is 1. The van der Waals surface area contributed by atoms with Crippen LogP contribution >= 0.6 is 11.6 Å². The van der Waals surface area contributed by atoms with Crippen LogP contribution in [0.3, 0.4) is 0 Å². The molecular weight excluding hydrogens is 338 g/mol. The number of nitrogens with one attached hydrogen (secondary N) is 1. The number of hydrogen-bond donors (Lipinski definition) is 1. The van der Waals surface area contributed by atoms with Crippen LogP contribution in [0.15, 0.2) is 18.2 Å². The van der Waals surface area contributed by atoms with Crippen molar-refractivity contribution in [1.82, 2.24) is 4.90 Å². The molecule has 3 rings (SSSR count). The number of piperidine rings is 1. The van der Waals surface area contributed by atoms with E-state index in [1.807, 2.05) is 4.90 Å². The summed E-state index contributed by atoms with van der Waals surface area (Å²) < 4.78 is 11.3. The smallest absolute Gasteiger partial charge is 0.271 e. The topological polar surface area (TPSA) is 93.9 Å². The number of amides is 1. The minimum atomic E-state index is -0.530. The highest BCUT2D eigenvalue weighted by molar-refractivity contribution is 6.33. The first-order valence-electron chi connectivity index (χ1n) is 7.71. The van der Waals surface area contributed by atoms with Crippen LogP contribution in [0.25, 0.3) is 0 Å². The number of hydrogen-bond acceptors (Lipinski definition) is 6. The van der Waals surface area contributed by atoms with Gasteiger partial charge in [0, 0.05) is 38.1 Å².